The Morgan fingerprint density at radius 2 is 1.89 bits per heavy atom. The first-order valence-electron chi connectivity index (χ1n) is 6.39. The second-order valence-corrected chi connectivity index (χ2v) is 3.90. The van der Waals surface area contributed by atoms with Crippen LogP contribution in [-0.2, 0) is 7.05 Å². The van der Waals surface area contributed by atoms with Crippen LogP contribution in [0.3, 0.4) is 0 Å². The average Bonchev–Trinajstić information content (AvgIpc) is 2.72. The van der Waals surface area contributed by atoms with E-state index in [0.29, 0.717) is 5.95 Å². The fourth-order valence-corrected chi connectivity index (χ4v) is 1.60. The first-order valence-corrected chi connectivity index (χ1v) is 6.39. The number of aryl methyl sites for hydroxylation is 3. The van der Waals surface area contributed by atoms with Gasteiger partial charge in [-0.3, -0.25) is 4.68 Å². The molecule has 0 unspecified atom stereocenters. The third-order valence-corrected chi connectivity index (χ3v) is 2.47. The molecule has 6 nitrogen and oxygen atoms in total. The van der Waals surface area contributed by atoms with E-state index >= 15 is 0 Å². The summed E-state index contributed by atoms with van der Waals surface area (Å²) < 4.78 is 1.75. The Labute approximate surface area is 114 Å². The molecule has 0 saturated carbocycles. The molecule has 6 heteroatoms. The molecule has 0 saturated heterocycles. The maximum Gasteiger partial charge on any atom is 0.229 e. The minimum atomic E-state index is 0.566. The van der Waals surface area contributed by atoms with Crippen LogP contribution in [0.25, 0.3) is 0 Å². The van der Waals surface area contributed by atoms with Crippen LogP contribution in [0.1, 0.15) is 25.1 Å². The Morgan fingerprint density at radius 1 is 1.21 bits per heavy atom. The van der Waals surface area contributed by atoms with E-state index in [1.54, 1.807) is 10.9 Å². The van der Waals surface area contributed by atoms with Crippen molar-refractivity contribution in [2.45, 2.75) is 27.7 Å². The van der Waals surface area contributed by atoms with Crippen LogP contribution in [0.5, 0.6) is 0 Å². The summed E-state index contributed by atoms with van der Waals surface area (Å²) in [5, 5.41) is 10.4. The maximum atomic E-state index is 4.37. The Hall–Kier alpha value is -2.11. The van der Waals surface area contributed by atoms with Crippen molar-refractivity contribution in [3.05, 3.63) is 23.7 Å². The highest BCUT2D eigenvalue weighted by molar-refractivity contribution is 5.57. The number of aromatic nitrogens is 4. The van der Waals surface area contributed by atoms with Gasteiger partial charge in [0.2, 0.25) is 5.95 Å². The quantitative estimate of drug-likeness (QED) is 0.890. The Kier molecular flexibility index (Phi) is 5.29. The fourth-order valence-electron chi connectivity index (χ4n) is 1.60. The lowest BCUT2D eigenvalue weighted by molar-refractivity contribution is 0.756. The molecular weight excluding hydrogens is 240 g/mol. The van der Waals surface area contributed by atoms with E-state index in [2.05, 4.69) is 25.7 Å². The van der Waals surface area contributed by atoms with Crippen molar-refractivity contribution in [3.8, 4) is 0 Å². The summed E-state index contributed by atoms with van der Waals surface area (Å²) in [6.45, 7) is 7.90. The molecule has 0 aliphatic rings. The predicted octanol–water partition coefficient (Wildman–Crippen LogP) is 2.64. The van der Waals surface area contributed by atoms with E-state index < -0.39 is 0 Å². The van der Waals surface area contributed by atoms with Crippen LogP contribution in [-0.4, -0.2) is 26.8 Å². The van der Waals surface area contributed by atoms with Crippen molar-refractivity contribution in [2.24, 2.45) is 7.05 Å². The van der Waals surface area contributed by atoms with E-state index in [1.165, 1.54) is 0 Å². The number of hydrogen-bond acceptors (Lipinski definition) is 5. The van der Waals surface area contributed by atoms with Gasteiger partial charge < -0.3 is 10.6 Å². The predicted molar refractivity (Wildman–Crippen MR) is 78.9 cm³/mol. The molecule has 2 rings (SSSR count). The Morgan fingerprint density at radius 3 is 2.42 bits per heavy atom. The van der Waals surface area contributed by atoms with Crippen LogP contribution in [0, 0.1) is 13.8 Å². The van der Waals surface area contributed by atoms with Gasteiger partial charge in [-0.25, -0.2) is 4.98 Å². The van der Waals surface area contributed by atoms with Crippen molar-refractivity contribution < 1.29 is 0 Å². The molecule has 2 aromatic heterocycles. The van der Waals surface area contributed by atoms with Gasteiger partial charge in [0.05, 0.1) is 11.4 Å². The van der Waals surface area contributed by atoms with Crippen LogP contribution in [0.15, 0.2) is 12.4 Å². The molecule has 0 radical (unpaired) electrons. The van der Waals surface area contributed by atoms with Crippen molar-refractivity contribution >= 4 is 17.5 Å². The van der Waals surface area contributed by atoms with E-state index in [-0.39, 0.29) is 0 Å². The Bertz CT molecular complexity index is 532. The van der Waals surface area contributed by atoms with Crippen LogP contribution < -0.4 is 10.6 Å². The topological polar surface area (TPSA) is 67.7 Å². The molecule has 0 aliphatic carbocycles. The summed E-state index contributed by atoms with van der Waals surface area (Å²) in [4.78, 5) is 8.60. The largest absolute Gasteiger partial charge is 0.373 e. The number of anilines is 3. The zero-order chi connectivity index (χ0) is 14.4. The van der Waals surface area contributed by atoms with Crippen molar-refractivity contribution in [3.63, 3.8) is 0 Å². The van der Waals surface area contributed by atoms with Crippen molar-refractivity contribution in [1.82, 2.24) is 19.7 Å². The molecule has 0 aromatic carbocycles. The highest BCUT2D eigenvalue weighted by Crippen LogP contribution is 2.18. The van der Waals surface area contributed by atoms with Gasteiger partial charge in [0.1, 0.15) is 5.82 Å². The van der Waals surface area contributed by atoms with Crippen molar-refractivity contribution in [2.75, 3.05) is 17.7 Å². The normalized spacial score (nSPS) is 9.58. The number of rotatable bonds is 3. The van der Waals surface area contributed by atoms with Crippen LogP contribution >= 0.6 is 0 Å². The zero-order valence-corrected chi connectivity index (χ0v) is 12.4. The first-order chi connectivity index (χ1) is 9.10. The van der Waals surface area contributed by atoms with Crippen LogP contribution in [0.4, 0.5) is 17.5 Å². The van der Waals surface area contributed by atoms with Gasteiger partial charge in [0, 0.05) is 32.1 Å². The van der Waals surface area contributed by atoms with E-state index in [0.717, 1.165) is 22.8 Å². The number of nitrogens with zero attached hydrogens (tertiary/aromatic N) is 4. The highest BCUT2D eigenvalue weighted by Gasteiger charge is 2.06. The highest BCUT2D eigenvalue weighted by atomic mass is 15.3. The van der Waals surface area contributed by atoms with Gasteiger partial charge >= 0.3 is 0 Å². The summed E-state index contributed by atoms with van der Waals surface area (Å²) in [5.74, 6) is 1.39. The fraction of sp³-hybridized carbons (Fsp3) is 0.462. The van der Waals surface area contributed by atoms with Crippen molar-refractivity contribution in [1.29, 1.82) is 0 Å². The zero-order valence-electron chi connectivity index (χ0n) is 12.4. The Balaban J connectivity index is 0.000000861. The molecule has 2 heterocycles. The summed E-state index contributed by atoms with van der Waals surface area (Å²) >= 11 is 0. The lowest BCUT2D eigenvalue weighted by Gasteiger charge is -2.07. The van der Waals surface area contributed by atoms with Gasteiger partial charge in [0.25, 0.3) is 0 Å². The van der Waals surface area contributed by atoms with E-state index in [1.807, 2.05) is 48.0 Å². The summed E-state index contributed by atoms with van der Waals surface area (Å²) in [6, 6.07) is 0. The molecule has 2 aromatic rings. The third-order valence-electron chi connectivity index (χ3n) is 2.47. The molecule has 0 fully saturated rings. The molecule has 2 N–H and O–H groups in total. The number of nitrogens with one attached hydrogen (secondary N) is 2. The molecule has 0 atom stereocenters. The SMILES string of the molecule is CC.CNc1nc(Nc2cn(C)nc2C)ncc1C. The minimum Gasteiger partial charge on any atom is -0.373 e. The minimum absolute atomic E-state index is 0.566. The molecule has 0 amide bonds. The second-order valence-electron chi connectivity index (χ2n) is 3.90. The van der Waals surface area contributed by atoms with Gasteiger partial charge in [-0.05, 0) is 13.8 Å². The molecule has 104 valence electrons. The van der Waals surface area contributed by atoms with Gasteiger partial charge in [0.15, 0.2) is 0 Å². The van der Waals surface area contributed by atoms with E-state index in [9.17, 15) is 0 Å². The first kappa shape index (κ1) is 14.9. The lowest BCUT2D eigenvalue weighted by atomic mass is 10.3. The lowest BCUT2D eigenvalue weighted by Crippen LogP contribution is -2.02. The standard InChI is InChI=1S/C11H16N6.C2H6/c1-7-5-13-11(15-10(7)12-3)14-9-6-17(4)16-8(9)2;1-2/h5-6H,1-4H3,(H2,12,13,14,15);1-2H3. The molecule has 0 spiro atoms. The number of hydrogen-bond donors (Lipinski definition) is 2. The maximum absolute atomic E-state index is 4.37. The van der Waals surface area contributed by atoms with E-state index in [4.69, 9.17) is 0 Å². The summed E-state index contributed by atoms with van der Waals surface area (Å²) in [7, 11) is 3.72. The molecular formula is C13H22N6. The summed E-state index contributed by atoms with van der Waals surface area (Å²) in [6.07, 6.45) is 3.68. The smallest absolute Gasteiger partial charge is 0.229 e. The van der Waals surface area contributed by atoms with Crippen LogP contribution in [0.2, 0.25) is 0 Å². The summed E-state index contributed by atoms with van der Waals surface area (Å²) in [5.41, 5.74) is 2.85. The average molecular weight is 262 g/mol. The monoisotopic (exact) mass is 262 g/mol. The van der Waals surface area contributed by atoms with Gasteiger partial charge in [-0.2, -0.15) is 10.1 Å². The third kappa shape index (κ3) is 3.67. The van der Waals surface area contributed by atoms with Gasteiger partial charge in [-0.1, -0.05) is 13.8 Å². The van der Waals surface area contributed by atoms with Gasteiger partial charge in [-0.15, -0.1) is 0 Å². The second kappa shape index (κ2) is 6.72. The molecule has 19 heavy (non-hydrogen) atoms. The molecule has 0 bridgehead atoms. The molecule has 0 aliphatic heterocycles.